The Morgan fingerprint density at radius 3 is 2.58 bits per heavy atom. The number of methoxy groups -OCH3 is 1. The molecule has 126 valence electrons. The molecule has 8 heteroatoms. The first kappa shape index (κ1) is 17.7. The molecule has 0 bridgehead atoms. The van der Waals surface area contributed by atoms with Crippen LogP contribution in [0.5, 0.6) is 0 Å². The molecule has 0 saturated carbocycles. The standard InChI is InChI=1S/C16H17N3O4S/c1-23-15(21)14(11-6-4-3-5-7-11)17-12(20)10-19-9-8-13(24-2)18-16(19)22/h3-9,14H,10H2,1-2H3,(H,17,20)/t14-/m0/s1. The van der Waals surface area contributed by atoms with E-state index in [0.29, 0.717) is 10.6 Å². The number of ether oxygens (including phenoxy) is 1. The second kappa shape index (κ2) is 8.30. The number of carbonyl (C=O) groups excluding carboxylic acids is 2. The molecule has 0 spiro atoms. The van der Waals surface area contributed by atoms with Crippen LogP contribution in [-0.2, 0) is 20.9 Å². The Hall–Kier alpha value is -2.61. The lowest BCUT2D eigenvalue weighted by molar-refractivity contribution is -0.145. The lowest BCUT2D eigenvalue weighted by Gasteiger charge is -2.17. The molecule has 1 heterocycles. The second-order valence-electron chi connectivity index (χ2n) is 4.81. The van der Waals surface area contributed by atoms with Crippen molar-refractivity contribution in [2.24, 2.45) is 0 Å². The summed E-state index contributed by atoms with van der Waals surface area (Å²) in [7, 11) is 1.25. The molecule has 0 aliphatic heterocycles. The van der Waals surface area contributed by atoms with Crippen LogP contribution < -0.4 is 11.0 Å². The first-order valence-electron chi connectivity index (χ1n) is 7.08. The van der Waals surface area contributed by atoms with Gasteiger partial charge in [0.2, 0.25) is 5.91 Å². The van der Waals surface area contributed by atoms with Crippen molar-refractivity contribution in [3.63, 3.8) is 0 Å². The van der Waals surface area contributed by atoms with Crippen LogP contribution in [0.4, 0.5) is 0 Å². The Balaban J connectivity index is 2.14. The van der Waals surface area contributed by atoms with Gasteiger partial charge in [-0.05, 0) is 17.9 Å². The summed E-state index contributed by atoms with van der Waals surface area (Å²) in [6.45, 7) is -0.235. The summed E-state index contributed by atoms with van der Waals surface area (Å²) in [6.07, 6.45) is 3.30. The maximum absolute atomic E-state index is 12.2. The summed E-state index contributed by atoms with van der Waals surface area (Å²) in [5.41, 5.74) is 0.0761. The molecule has 1 aromatic carbocycles. The molecular weight excluding hydrogens is 330 g/mol. The molecule has 0 aliphatic rings. The van der Waals surface area contributed by atoms with E-state index < -0.39 is 23.6 Å². The average Bonchev–Trinajstić information content (AvgIpc) is 2.61. The van der Waals surface area contributed by atoms with Gasteiger partial charge in [-0.2, -0.15) is 4.98 Å². The van der Waals surface area contributed by atoms with Crippen molar-refractivity contribution in [1.29, 1.82) is 0 Å². The van der Waals surface area contributed by atoms with Crippen LogP contribution in [0, 0.1) is 0 Å². The summed E-state index contributed by atoms with van der Waals surface area (Å²) < 4.78 is 5.91. The molecule has 0 radical (unpaired) electrons. The normalized spacial score (nSPS) is 11.6. The highest BCUT2D eigenvalue weighted by atomic mass is 32.2. The maximum atomic E-state index is 12.2. The number of esters is 1. The third-order valence-corrected chi connectivity index (χ3v) is 3.89. The lowest BCUT2D eigenvalue weighted by atomic mass is 10.1. The van der Waals surface area contributed by atoms with E-state index in [2.05, 4.69) is 10.3 Å². The maximum Gasteiger partial charge on any atom is 0.349 e. The number of hydrogen-bond donors (Lipinski definition) is 1. The van der Waals surface area contributed by atoms with Gasteiger partial charge in [0.05, 0.1) is 7.11 Å². The molecule has 0 aliphatic carbocycles. The molecule has 7 nitrogen and oxygen atoms in total. The largest absolute Gasteiger partial charge is 0.467 e. The van der Waals surface area contributed by atoms with E-state index in [1.807, 2.05) is 0 Å². The van der Waals surface area contributed by atoms with Gasteiger partial charge in [-0.1, -0.05) is 30.3 Å². The van der Waals surface area contributed by atoms with Crippen LogP contribution in [0.3, 0.4) is 0 Å². The quantitative estimate of drug-likeness (QED) is 0.476. The van der Waals surface area contributed by atoms with E-state index in [-0.39, 0.29) is 6.54 Å². The zero-order valence-electron chi connectivity index (χ0n) is 13.3. The van der Waals surface area contributed by atoms with Crippen LogP contribution in [0.25, 0.3) is 0 Å². The Morgan fingerprint density at radius 1 is 1.29 bits per heavy atom. The monoisotopic (exact) mass is 347 g/mol. The number of amides is 1. The minimum absolute atomic E-state index is 0.235. The van der Waals surface area contributed by atoms with Gasteiger partial charge in [0.25, 0.3) is 0 Å². The number of hydrogen-bond acceptors (Lipinski definition) is 6. The zero-order valence-corrected chi connectivity index (χ0v) is 14.1. The fraction of sp³-hybridized carbons (Fsp3) is 0.250. The summed E-state index contributed by atoms with van der Waals surface area (Å²) in [6, 6.07) is 9.45. The SMILES string of the molecule is COC(=O)[C@@H](NC(=O)Cn1ccc(SC)nc1=O)c1ccccc1. The number of benzene rings is 1. The number of rotatable bonds is 6. The Morgan fingerprint density at radius 2 is 2.00 bits per heavy atom. The third-order valence-electron chi connectivity index (χ3n) is 3.25. The van der Waals surface area contributed by atoms with Crippen LogP contribution in [0.2, 0.25) is 0 Å². The fourth-order valence-corrected chi connectivity index (χ4v) is 2.42. The van der Waals surface area contributed by atoms with Gasteiger partial charge < -0.3 is 10.1 Å². The van der Waals surface area contributed by atoms with Crippen molar-refractivity contribution in [2.45, 2.75) is 17.6 Å². The highest BCUT2D eigenvalue weighted by molar-refractivity contribution is 7.98. The van der Waals surface area contributed by atoms with E-state index in [1.54, 1.807) is 42.7 Å². The van der Waals surface area contributed by atoms with Crippen molar-refractivity contribution in [3.8, 4) is 0 Å². The van der Waals surface area contributed by atoms with Gasteiger partial charge in [0.1, 0.15) is 11.6 Å². The molecule has 24 heavy (non-hydrogen) atoms. The number of nitrogens with one attached hydrogen (secondary N) is 1. The fourth-order valence-electron chi connectivity index (χ4n) is 2.05. The van der Waals surface area contributed by atoms with E-state index >= 15 is 0 Å². The summed E-state index contributed by atoms with van der Waals surface area (Å²) in [5.74, 6) is -1.08. The first-order valence-corrected chi connectivity index (χ1v) is 8.31. The Bertz CT molecular complexity index is 776. The average molecular weight is 347 g/mol. The minimum atomic E-state index is -0.933. The molecule has 1 amide bonds. The molecule has 0 unspecified atom stereocenters. The number of carbonyl (C=O) groups is 2. The highest BCUT2D eigenvalue weighted by Crippen LogP contribution is 2.14. The molecule has 2 rings (SSSR count). The molecule has 0 saturated heterocycles. The van der Waals surface area contributed by atoms with Gasteiger partial charge in [0, 0.05) is 6.20 Å². The van der Waals surface area contributed by atoms with Crippen molar-refractivity contribution < 1.29 is 14.3 Å². The van der Waals surface area contributed by atoms with E-state index in [4.69, 9.17) is 4.74 Å². The molecular formula is C16H17N3O4S. The van der Waals surface area contributed by atoms with Gasteiger partial charge >= 0.3 is 11.7 Å². The zero-order chi connectivity index (χ0) is 17.5. The van der Waals surface area contributed by atoms with Crippen molar-refractivity contribution in [3.05, 3.63) is 58.6 Å². The van der Waals surface area contributed by atoms with Crippen LogP contribution >= 0.6 is 11.8 Å². The van der Waals surface area contributed by atoms with E-state index in [1.165, 1.54) is 29.6 Å². The van der Waals surface area contributed by atoms with Gasteiger partial charge in [0.15, 0.2) is 6.04 Å². The molecule has 2 aromatic rings. The van der Waals surface area contributed by atoms with E-state index in [9.17, 15) is 14.4 Å². The van der Waals surface area contributed by atoms with Gasteiger partial charge in [-0.15, -0.1) is 11.8 Å². The predicted molar refractivity (Wildman–Crippen MR) is 89.6 cm³/mol. The van der Waals surface area contributed by atoms with Gasteiger partial charge in [-0.3, -0.25) is 9.36 Å². The predicted octanol–water partition coefficient (Wildman–Crippen LogP) is 0.996. The summed E-state index contributed by atoms with van der Waals surface area (Å²) >= 11 is 1.34. The smallest absolute Gasteiger partial charge is 0.349 e. The summed E-state index contributed by atoms with van der Waals surface area (Å²) in [4.78, 5) is 39.8. The third kappa shape index (κ3) is 4.45. The molecule has 1 N–H and O–H groups in total. The van der Waals surface area contributed by atoms with Crippen molar-refractivity contribution in [2.75, 3.05) is 13.4 Å². The lowest BCUT2D eigenvalue weighted by Crippen LogP contribution is -2.38. The Labute approximate surface area is 143 Å². The van der Waals surface area contributed by atoms with Crippen LogP contribution in [0.15, 0.2) is 52.4 Å². The van der Waals surface area contributed by atoms with Crippen molar-refractivity contribution >= 4 is 23.6 Å². The van der Waals surface area contributed by atoms with Gasteiger partial charge in [-0.25, -0.2) is 9.59 Å². The topological polar surface area (TPSA) is 90.3 Å². The number of nitrogens with zero attached hydrogens (tertiary/aromatic N) is 2. The minimum Gasteiger partial charge on any atom is -0.467 e. The summed E-state index contributed by atoms with van der Waals surface area (Å²) in [5, 5.41) is 3.16. The first-order chi connectivity index (χ1) is 11.5. The molecule has 1 atom stereocenters. The highest BCUT2D eigenvalue weighted by Gasteiger charge is 2.23. The van der Waals surface area contributed by atoms with E-state index in [0.717, 1.165) is 0 Å². The Kier molecular flexibility index (Phi) is 6.14. The van der Waals surface area contributed by atoms with Crippen LogP contribution in [0.1, 0.15) is 11.6 Å². The van der Waals surface area contributed by atoms with Crippen LogP contribution in [-0.4, -0.2) is 34.8 Å². The molecule has 1 aromatic heterocycles. The second-order valence-corrected chi connectivity index (χ2v) is 5.64. The number of aromatic nitrogens is 2. The van der Waals surface area contributed by atoms with Crippen molar-refractivity contribution in [1.82, 2.24) is 14.9 Å². The number of thioether (sulfide) groups is 1. The molecule has 0 fully saturated rings.